The molecule has 0 aliphatic carbocycles. The Balaban J connectivity index is 1.45. The number of nitriles is 1. The fourth-order valence-corrected chi connectivity index (χ4v) is 3.84. The first kappa shape index (κ1) is 22.0. The van der Waals surface area contributed by atoms with Crippen molar-refractivity contribution in [3.63, 3.8) is 0 Å². The summed E-state index contributed by atoms with van der Waals surface area (Å²) in [5, 5.41) is 17.3. The van der Waals surface area contributed by atoms with Gasteiger partial charge in [0.05, 0.1) is 12.2 Å². The Morgan fingerprint density at radius 1 is 1.00 bits per heavy atom. The molecule has 4 aromatic rings. The van der Waals surface area contributed by atoms with Gasteiger partial charge in [-0.15, -0.1) is 0 Å². The van der Waals surface area contributed by atoms with Crippen LogP contribution in [-0.2, 0) is 11.3 Å². The maximum atomic E-state index is 13.0. The lowest BCUT2D eigenvalue weighted by Crippen LogP contribution is -2.17. The molecule has 172 valence electrons. The SMILES string of the molecule is N#CC(=Cc1cn(Cc2ccccc2)nc1-c1ccccc1)C(=O)Nc1ccc2c(c1)OCCO2. The first-order chi connectivity index (χ1) is 17.2. The maximum Gasteiger partial charge on any atom is 0.266 e. The van der Waals surface area contributed by atoms with Gasteiger partial charge in [-0.25, -0.2) is 0 Å². The predicted molar refractivity (Wildman–Crippen MR) is 133 cm³/mol. The lowest BCUT2D eigenvalue weighted by atomic mass is 10.1. The summed E-state index contributed by atoms with van der Waals surface area (Å²) in [6.07, 6.45) is 3.42. The number of rotatable bonds is 6. The summed E-state index contributed by atoms with van der Waals surface area (Å²) >= 11 is 0. The molecule has 35 heavy (non-hydrogen) atoms. The fourth-order valence-electron chi connectivity index (χ4n) is 3.84. The second-order valence-corrected chi connectivity index (χ2v) is 7.96. The summed E-state index contributed by atoms with van der Waals surface area (Å²) < 4.78 is 12.9. The summed E-state index contributed by atoms with van der Waals surface area (Å²) in [6, 6.07) is 26.8. The highest BCUT2D eigenvalue weighted by Crippen LogP contribution is 2.33. The first-order valence-electron chi connectivity index (χ1n) is 11.2. The Bertz CT molecular complexity index is 1420. The molecule has 0 saturated heterocycles. The average molecular weight is 463 g/mol. The van der Waals surface area contributed by atoms with Crippen molar-refractivity contribution in [2.24, 2.45) is 0 Å². The molecule has 3 aromatic carbocycles. The molecule has 7 heteroatoms. The highest BCUT2D eigenvalue weighted by atomic mass is 16.6. The average Bonchev–Trinajstić information content (AvgIpc) is 3.30. The minimum atomic E-state index is -0.515. The number of ether oxygens (including phenoxy) is 2. The number of nitrogens with zero attached hydrogens (tertiary/aromatic N) is 3. The third kappa shape index (κ3) is 5.07. The Morgan fingerprint density at radius 2 is 1.71 bits per heavy atom. The van der Waals surface area contributed by atoms with Gasteiger partial charge in [0, 0.05) is 29.1 Å². The first-order valence-corrected chi connectivity index (χ1v) is 11.2. The number of fused-ring (bicyclic) bond motifs is 1. The van der Waals surface area contributed by atoms with E-state index in [9.17, 15) is 10.1 Å². The van der Waals surface area contributed by atoms with E-state index in [4.69, 9.17) is 14.6 Å². The van der Waals surface area contributed by atoms with Crippen LogP contribution in [0, 0.1) is 11.3 Å². The molecule has 1 aliphatic heterocycles. The van der Waals surface area contributed by atoms with Crippen LogP contribution in [0.25, 0.3) is 17.3 Å². The van der Waals surface area contributed by atoms with E-state index in [2.05, 4.69) is 5.32 Å². The molecule has 7 nitrogen and oxygen atoms in total. The van der Waals surface area contributed by atoms with E-state index in [1.807, 2.05) is 77.6 Å². The number of amides is 1. The van der Waals surface area contributed by atoms with Crippen LogP contribution in [0.4, 0.5) is 5.69 Å². The standard InChI is InChI=1S/C28H22N4O3/c29-17-22(28(33)30-24-11-12-25-26(16-24)35-14-13-34-25)15-23-19-32(18-20-7-3-1-4-8-20)31-27(23)21-9-5-2-6-10-21/h1-12,15-16,19H,13-14,18H2,(H,30,33). The van der Waals surface area contributed by atoms with Crippen molar-refractivity contribution >= 4 is 17.7 Å². The van der Waals surface area contributed by atoms with Crippen LogP contribution in [0.2, 0.25) is 0 Å². The van der Waals surface area contributed by atoms with Gasteiger partial charge in [0.25, 0.3) is 5.91 Å². The number of hydrogen-bond acceptors (Lipinski definition) is 5. The van der Waals surface area contributed by atoms with E-state index in [1.165, 1.54) is 0 Å². The van der Waals surface area contributed by atoms with Crippen molar-refractivity contribution in [3.8, 4) is 28.8 Å². The molecule has 0 spiro atoms. The molecule has 2 heterocycles. The van der Waals surface area contributed by atoms with E-state index >= 15 is 0 Å². The molecule has 0 bridgehead atoms. The molecule has 0 radical (unpaired) electrons. The Hall–Kier alpha value is -4.83. The summed E-state index contributed by atoms with van der Waals surface area (Å²) in [7, 11) is 0. The number of hydrogen-bond donors (Lipinski definition) is 1. The van der Waals surface area contributed by atoms with Gasteiger partial charge < -0.3 is 14.8 Å². The normalized spacial score (nSPS) is 12.6. The molecule has 1 amide bonds. The second-order valence-electron chi connectivity index (χ2n) is 7.96. The van der Waals surface area contributed by atoms with Crippen molar-refractivity contribution in [2.75, 3.05) is 18.5 Å². The molecule has 5 rings (SSSR count). The van der Waals surface area contributed by atoms with Crippen molar-refractivity contribution in [1.29, 1.82) is 5.26 Å². The van der Waals surface area contributed by atoms with E-state index in [-0.39, 0.29) is 5.57 Å². The van der Waals surface area contributed by atoms with E-state index in [0.29, 0.717) is 48.2 Å². The summed E-state index contributed by atoms with van der Waals surface area (Å²) in [4.78, 5) is 13.0. The molecule has 0 fully saturated rings. The van der Waals surface area contributed by atoms with Gasteiger partial charge >= 0.3 is 0 Å². The third-order valence-electron chi connectivity index (χ3n) is 5.49. The van der Waals surface area contributed by atoms with Crippen LogP contribution in [-0.4, -0.2) is 28.9 Å². The maximum absolute atomic E-state index is 13.0. The number of carbonyl (C=O) groups excluding carboxylic acids is 1. The number of benzene rings is 3. The zero-order valence-corrected chi connectivity index (χ0v) is 18.8. The lowest BCUT2D eigenvalue weighted by Gasteiger charge is -2.18. The quantitative estimate of drug-likeness (QED) is 0.325. The van der Waals surface area contributed by atoms with E-state index in [1.54, 1.807) is 24.3 Å². The molecule has 0 atom stereocenters. The van der Waals surface area contributed by atoms with Crippen LogP contribution < -0.4 is 14.8 Å². The smallest absolute Gasteiger partial charge is 0.266 e. The number of nitrogens with one attached hydrogen (secondary N) is 1. The number of aromatic nitrogens is 2. The van der Waals surface area contributed by atoms with Crippen LogP contribution >= 0.6 is 0 Å². The van der Waals surface area contributed by atoms with Gasteiger partial charge in [-0.2, -0.15) is 10.4 Å². The second kappa shape index (κ2) is 9.98. The lowest BCUT2D eigenvalue weighted by molar-refractivity contribution is -0.112. The van der Waals surface area contributed by atoms with E-state index in [0.717, 1.165) is 11.1 Å². The largest absolute Gasteiger partial charge is 0.486 e. The highest BCUT2D eigenvalue weighted by molar-refractivity contribution is 6.10. The van der Waals surface area contributed by atoms with Gasteiger partial charge in [-0.05, 0) is 23.8 Å². The van der Waals surface area contributed by atoms with Gasteiger partial charge in [-0.1, -0.05) is 60.7 Å². The van der Waals surface area contributed by atoms with Crippen molar-refractivity contribution in [1.82, 2.24) is 9.78 Å². The monoisotopic (exact) mass is 462 g/mol. The molecule has 0 unspecified atom stereocenters. The molecule has 0 saturated carbocycles. The topological polar surface area (TPSA) is 89.2 Å². The summed E-state index contributed by atoms with van der Waals surface area (Å²) in [5.74, 6) is 0.674. The van der Waals surface area contributed by atoms with Gasteiger partial charge in [0.1, 0.15) is 24.9 Å². The molecule has 1 aromatic heterocycles. The minimum Gasteiger partial charge on any atom is -0.486 e. The summed E-state index contributed by atoms with van der Waals surface area (Å²) in [6.45, 7) is 1.50. The van der Waals surface area contributed by atoms with Crippen LogP contribution in [0.1, 0.15) is 11.1 Å². The predicted octanol–water partition coefficient (Wildman–Crippen LogP) is 4.92. The molecule has 1 N–H and O–H groups in total. The van der Waals surface area contributed by atoms with Crippen LogP contribution in [0.15, 0.2) is 90.6 Å². The summed E-state index contributed by atoms with van der Waals surface area (Å²) in [5.41, 5.74) is 3.86. The van der Waals surface area contributed by atoms with Gasteiger partial charge in [0.15, 0.2) is 11.5 Å². The minimum absolute atomic E-state index is 0.0312. The number of carbonyl (C=O) groups is 1. The van der Waals surface area contributed by atoms with Crippen LogP contribution in [0.3, 0.4) is 0 Å². The number of anilines is 1. The van der Waals surface area contributed by atoms with Crippen molar-refractivity contribution in [3.05, 3.63) is 102 Å². The van der Waals surface area contributed by atoms with Crippen molar-refractivity contribution in [2.45, 2.75) is 6.54 Å². The molecular weight excluding hydrogens is 440 g/mol. The van der Waals surface area contributed by atoms with Gasteiger partial charge in [0.2, 0.25) is 0 Å². The fraction of sp³-hybridized carbons (Fsp3) is 0.107. The zero-order chi connectivity index (χ0) is 24.0. The van der Waals surface area contributed by atoms with Crippen molar-refractivity contribution < 1.29 is 14.3 Å². The van der Waals surface area contributed by atoms with Crippen LogP contribution in [0.5, 0.6) is 11.5 Å². The highest BCUT2D eigenvalue weighted by Gasteiger charge is 2.17. The molecule has 1 aliphatic rings. The van der Waals surface area contributed by atoms with E-state index < -0.39 is 5.91 Å². The third-order valence-corrected chi connectivity index (χ3v) is 5.49. The zero-order valence-electron chi connectivity index (χ0n) is 18.8. The molecular formula is C28H22N4O3. The van der Waals surface area contributed by atoms with Gasteiger partial charge in [-0.3, -0.25) is 9.48 Å². The Kier molecular flexibility index (Phi) is 6.27. The Morgan fingerprint density at radius 3 is 2.46 bits per heavy atom. The Labute approximate surface area is 202 Å².